The Balaban J connectivity index is 0.000000162. The number of benzene rings is 2. The predicted octanol–water partition coefficient (Wildman–Crippen LogP) is 4.20. The Kier molecular flexibility index (Phi) is 11.0. The highest BCUT2D eigenvalue weighted by molar-refractivity contribution is 6.02. The Bertz CT molecular complexity index is 2730. The minimum atomic E-state index is -1.27. The topological polar surface area (TPSA) is 214 Å². The number of aliphatic hydroxyl groups is 2. The summed E-state index contributed by atoms with van der Waals surface area (Å²) in [6.45, 7) is 1.37. The lowest BCUT2D eigenvalue weighted by atomic mass is 10.0. The molecule has 4 aromatic heterocycles. The van der Waals surface area contributed by atoms with Crippen molar-refractivity contribution in [2.24, 2.45) is 0 Å². The molecule has 0 radical (unpaired) electrons. The summed E-state index contributed by atoms with van der Waals surface area (Å²) in [6, 6.07) is 18.8. The number of aliphatic hydroxyl groups excluding tert-OH is 2. The number of pyridine rings is 2. The summed E-state index contributed by atoms with van der Waals surface area (Å²) in [5.41, 5.74) is 3.08. The molecule has 324 valence electrons. The smallest absolute Gasteiger partial charge is 0.255 e. The van der Waals surface area contributed by atoms with Gasteiger partial charge in [0.25, 0.3) is 11.8 Å². The van der Waals surface area contributed by atoms with E-state index in [4.69, 9.17) is 0 Å². The van der Waals surface area contributed by atoms with Crippen LogP contribution in [0.3, 0.4) is 0 Å². The highest BCUT2D eigenvalue weighted by Gasteiger charge is 2.33. The summed E-state index contributed by atoms with van der Waals surface area (Å²) in [6.07, 6.45) is -1.06. The number of β-amino-alcohol motifs (C(OH)–C–C–N with tert-alkyl or cyclic N) is 2. The van der Waals surface area contributed by atoms with Gasteiger partial charge in [-0.2, -0.15) is 20.7 Å². The third-order valence-corrected chi connectivity index (χ3v) is 11.5. The first-order chi connectivity index (χ1) is 30.9. The largest absolute Gasteiger partial charge is 0.388 e. The summed E-state index contributed by atoms with van der Waals surface area (Å²) in [7, 11) is 0. The molecule has 20 heteroatoms. The minimum absolute atomic E-state index is 0.0546. The zero-order valence-corrected chi connectivity index (χ0v) is 33.6. The molecule has 8 heterocycles. The van der Waals surface area contributed by atoms with E-state index in [1.54, 1.807) is 34.3 Å². The van der Waals surface area contributed by atoms with Gasteiger partial charge in [-0.25, -0.2) is 36.9 Å². The van der Waals surface area contributed by atoms with E-state index in [1.807, 2.05) is 12.1 Å². The Morgan fingerprint density at radius 1 is 0.641 bits per heavy atom. The van der Waals surface area contributed by atoms with Gasteiger partial charge in [-0.15, -0.1) is 0 Å². The van der Waals surface area contributed by atoms with Crippen LogP contribution in [0.15, 0.2) is 73.1 Å². The van der Waals surface area contributed by atoms with Gasteiger partial charge in [-0.3, -0.25) is 9.59 Å². The van der Waals surface area contributed by atoms with Crippen LogP contribution in [0.2, 0.25) is 0 Å². The number of halogens is 4. The molecule has 2 fully saturated rings. The summed E-state index contributed by atoms with van der Waals surface area (Å²) in [5, 5.41) is 53.0. The van der Waals surface area contributed by atoms with Crippen molar-refractivity contribution < 1.29 is 37.4 Å². The molecule has 4 atom stereocenters. The zero-order chi connectivity index (χ0) is 44.8. The number of nitriles is 2. The van der Waals surface area contributed by atoms with Crippen molar-refractivity contribution in [1.82, 2.24) is 40.2 Å². The zero-order valence-electron chi connectivity index (χ0n) is 33.6. The van der Waals surface area contributed by atoms with Crippen molar-refractivity contribution in [2.75, 3.05) is 36.0 Å². The van der Waals surface area contributed by atoms with E-state index in [1.165, 1.54) is 57.9 Å². The van der Waals surface area contributed by atoms with Crippen molar-refractivity contribution >= 4 is 23.5 Å². The predicted molar refractivity (Wildman–Crippen MR) is 221 cm³/mol. The van der Waals surface area contributed by atoms with Crippen LogP contribution in [-0.4, -0.2) is 102 Å². The van der Waals surface area contributed by atoms with Crippen LogP contribution < -0.4 is 20.4 Å². The standard InChI is InChI=1S/2C22H18F2N6O2/c2*23-13-4-6-29(11-18(13)31)19-5-7-30(28-19)17-8-15(27-16-10-26-22(32)21(16)17)20-12(9-25)2-1-3-14(20)24/h2*1-3,5,7-8,13,18,31H,4,6,10-11H2,(H,26,32)/t13-,18+;/m0./s1. The average Bonchev–Trinajstić information content (AvgIpc) is 4.13. The first-order valence-corrected chi connectivity index (χ1v) is 20.2. The second-order valence-electron chi connectivity index (χ2n) is 15.5. The second-order valence-corrected chi connectivity index (χ2v) is 15.5. The maximum absolute atomic E-state index is 14.6. The number of hydrogen-bond donors (Lipinski definition) is 4. The third-order valence-electron chi connectivity index (χ3n) is 11.5. The van der Waals surface area contributed by atoms with Gasteiger partial charge in [-0.1, -0.05) is 12.1 Å². The molecule has 16 nitrogen and oxygen atoms in total. The highest BCUT2D eigenvalue weighted by Crippen LogP contribution is 2.34. The van der Waals surface area contributed by atoms with Gasteiger partial charge < -0.3 is 30.6 Å². The quantitative estimate of drug-likeness (QED) is 0.174. The van der Waals surface area contributed by atoms with Crippen LogP contribution in [0.4, 0.5) is 29.2 Å². The Labute approximate surface area is 361 Å². The van der Waals surface area contributed by atoms with Crippen molar-refractivity contribution in [3.8, 4) is 46.0 Å². The van der Waals surface area contributed by atoms with E-state index in [-0.39, 0.29) is 84.5 Å². The molecule has 2 saturated heterocycles. The van der Waals surface area contributed by atoms with Crippen LogP contribution in [0, 0.1) is 34.3 Å². The lowest BCUT2D eigenvalue weighted by Crippen LogP contribution is -2.45. The fourth-order valence-corrected chi connectivity index (χ4v) is 8.25. The highest BCUT2D eigenvalue weighted by atomic mass is 19.1. The molecule has 10 rings (SSSR count). The van der Waals surface area contributed by atoms with Gasteiger partial charge in [0.1, 0.15) is 36.2 Å². The normalized spacial score (nSPS) is 20.1. The molecule has 0 aliphatic carbocycles. The number of aromatic nitrogens is 6. The van der Waals surface area contributed by atoms with Crippen LogP contribution >= 0.6 is 0 Å². The minimum Gasteiger partial charge on any atom is -0.388 e. The summed E-state index contributed by atoms with van der Waals surface area (Å²) >= 11 is 0. The average molecular weight is 873 g/mol. The molecule has 2 unspecified atom stereocenters. The molecule has 0 bridgehead atoms. The maximum Gasteiger partial charge on any atom is 0.255 e. The number of carbonyl (C=O) groups excluding carboxylic acids is 2. The Morgan fingerprint density at radius 2 is 1.06 bits per heavy atom. The van der Waals surface area contributed by atoms with Crippen LogP contribution in [0.25, 0.3) is 33.9 Å². The van der Waals surface area contributed by atoms with Crippen LogP contribution in [0.5, 0.6) is 0 Å². The lowest BCUT2D eigenvalue weighted by molar-refractivity contribution is 0.0642. The van der Waals surface area contributed by atoms with Gasteiger partial charge >= 0.3 is 0 Å². The SMILES string of the molecule is N#Cc1cccc(F)c1-c1cc(-n2ccc(N3CCC(F)C(O)C3)n2)c2c(n1)CNC2=O.N#Cc1cccc(F)c1-c1cc(-n2ccc(N3CC[C@H](F)[C@H](O)C3)n2)c2c(n1)CNC2=O. The van der Waals surface area contributed by atoms with Crippen molar-refractivity contribution in [1.29, 1.82) is 10.5 Å². The number of fused-ring (bicyclic) bond motifs is 2. The first kappa shape index (κ1) is 41.7. The van der Waals surface area contributed by atoms with Gasteiger partial charge in [0.2, 0.25) is 0 Å². The molecule has 64 heavy (non-hydrogen) atoms. The molecular weight excluding hydrogens is 837 g/mol. The number of nitrogens with one attached hydrogen (secondary N) is 2. The van der Waals surface area contributed by atoms with Gasteiger partial charge in [-0.05, 0) is 49.2 Å². The molecule has 0 saturated carbocycles. The molecule has 4 aliphatic rings. The number of hydrogen-bond acceptors (Lipinski definition) is 12. The van der Waals surface area contributed by atoms with Crippen LogP contribution in [-0.2, 0) is 13.1 Å². The fraction of sp³-hybridized carbons (Fsp3) is 0.273. The number of nitrogens with zero attached hydrogens (tertiary/aromatic N) is 10. The van der Waals surface area contributed by atoms with E-state index in [9.17, 15) is 47.9 Å². The fourth-order valence-electron chi connectivity index (χ4n) is 8.25. The summed E-state index contributed by atoms with van der Waals surface area (Å²) in [4.78, 5) is 37.4. The van der Waals surface area contributed by atoms with Crippen molar-refractivity contribution in [3.63, 3.8) is 0 Å². The molecule has 4 N–H and O–H groups in total. The number of alkyl halides is 2. The Hall–Kier alpha value is -7.68. The van der Waals surface area contributed by atoms with E-state index in [2.05, 4.69) is 30.8 Å². The molecule has 6 aromatic rings. The van der Waals surface area contributed by atoms with Crippen LogP contribution in [0.1, 0.15) is 56.1 Å². The molecule has 2 aromatic carbocycles. The van der Waals surface area contributed by atoms with Gasteiger partial charge in [0.05, 0.1) is 92.8 Å². The van der Waals surface area contributed by atoms with E-state index in [0.29, 0.717) is 58.6 Å². The van der Waals surface area contributed by atoms with Gasteiger partial charge in [0, 0.05) is 50.7 Å². The lowest BCUT2D eigenvalue weighted by Gasteiger charge is -2.32. The van der Waals surface area contributed by atoms with Crippen molar-refractivity contribution in [3.05, 3.63) is 118 Å². The number of piperidine rings is 2. The van der Waals surface area contributed by atoms with E-state index in [0.717, 1.165) is 0 Å². The number of rotatable bonds is 6. The number of anilines is 2. The summed E-state index contributed by atoms with van der Waals surface area (Å²) < 4.78 is 59.5. The van der Waals surface area contributed by atoms with E-state index >= 15 is 0 Å². The molecule has 0 spiro atoms. The monoisotopic (exact) mass is 872 g/mol. The van der Waals surface area contributed by atoms with E-state index < -0.39 is 36.2 Å². The first-order valence-electron chi connectivity index (χ1n) is 20.2. The third kappa shape index (κ3) is 7.62. The summed E-state index contributed by atoms with van der Waals surface area (Å²) in [5.74, 6) is -0.800. The van der Waals surface area contributed by atoms with Gasteiger partial charge in [0.15, 0.2) is 11.6 Å². The number of carbonyl (C=O) groups is 2. The maximum atomic E-state index is 14.6. The van der Waals surface area contributed by atoms with Crippen molar-refractivity contribution in [2.45, 2.75) is 50.5 Å². The Morgan fingerprint density at radius 3 is 1.45 bits per heavy atom. The molecular formula is C44H36F4N12O4. The molecule has 2 amide bonds. The molecule has 4 aliphatic heterocycles. The second kappa shape index (κ2) is 16.9. The number of amides is 2.